The van der Waals surface area contributed by atoms with E-state index in [1.807, 2.05) is 32.9 Å². The molecule has 1 atom stereocenters. The topological polar surface area (TPSA) is 124 Å². The SMILES string of the molecule is CC(C)(C)OC(=O)N1CCCC(c2ccc(-n3c(N)c4c(cc3=O)C(=O)NC4=O)cc2)C1. The third-order valence-corrected chi connectivity index (χ3v) is 5.65. The molecule has 0 saturated carbocycles. The van der Waals surface area contributed by atoms with Crippen molar-refractivity contribution in [2.75, 3.05) is 18.8 Å². The Hall–Kier alpha value is -3.62. The van der Waals surface area contributed by atoms with Gasteiger partial charge in [0.1, 0.15) is 11.4 Å². The summed E-state index contributed by atoms with van der Waals surface area (Å²) in [5, 5.41) is 2.16. The number of nitrogens with two attached hydrogens (primary N) is 1. The fourth-order valence-electron chi connectivity index (χ4n) is 4.18. The molecule has 32 heavy (non-hydrogen) atoms. The van der Waals surface area contributed by atoms with Crippen molar-refractivity contribution in [2.45, 2.75) is 45.1 Å². The van der Waals surface area contributed by atoms with E-state index in [4.69, 9.17) is 10.5 Å². The fraction of sp³-hybridized carbons (Fsp3) is 0.391. The van der Waals surface area contributed by atoms with Crippen LogP contribution in [0.3, 0.4) is 0 Å². The minimum atomic E-state index is -0.622. The van der Waals surface area contributed by atoms with Crippen LogP contribution in [0, 0.1) is 0 Å². The molecule has 0 aliphatic carbocycles. The Bertz CT molecular complexity index is 1160. The van der Waals surface area contributed by atoms with E-state index in [9.17, 15) is 19.2 Å². The largest absolute Gasteiger partial charge is 0.444 e. The monoisotopic (exact) mass is 438 g/mol. The fourth-order valence-corrected chi connectivity index (χ4v) is 4.18. The van der Waals surface area contributed by atoms with Crippen molar-refractivity contribution in [3.8, 4) is 5.69 Å². The van der Waals surface area contributed by atoms with E-state index in [-0.39, 0.29) is 29.0 Å². The molecule has 9 heteroatoms. The van der Waals surface area contributed by atoms with Gasteiger partial charge in [0, 0.05) is 25.1 Å². The summed E-state index contributed by atoms with van der Waals surface area (Å²) in [6.07, 6.45) is 1.48. The van der Waals surface area contributed by atoms with Gasteiger partial charge >= 0.3 is 6.09 Å². The zero-order valence-corrected chi connectivity index (χ0v) is 18.3. The molecule has 2 aliphatic heterocycles. The van der Waals surface area contributed by atoms with Gasteiger partial charge in [0.25, 0.3) is 17.4 Å². The lowest BCUT2D eigenvalue weighted by Gasteiger charge is -2.34. The first-order valence-electron chi connectivity index (χ1n) is 10.5. The van der Waals surface area contributed by atoms with Gasteiger partial charge in [-0.25, -0.2) is 4.79 Å². The van der Waals surface area contributed by atoms with Crippen LogP contribution in [0.15, 0.2) is 35.1 Å². The highest BCUT2D eigenvalue weighted by atomic mass is 16.6. The Morgan fingerprint density at radius 3 is 2.47 bits per heavy atom. The Morgan fingerprint density at radius 2 is 1.81 bits per heavy atom. The maximum absolute atomic E-state index is 12.6. The van der Waals surface area contributed by atoms with E-state index >= 15 is 0 Å². The minimum absolute atomic E-state index is 0.00481. The van der Waals surface area contributed by atoms with Gasteiger partial charge in [0.05, 0.1) is 16.8 Å². The summed E-state index contributed by atoms with van der Waals surface area (Å²) in [6.45, 7) is 6.74. The highest BCUT2D eigenvalue weighted by Gasteiger charge is 2.32. The van der Waals surface area contributed by atoms with Gasteiger partial charge in [-0.05, 0) is 51.3 Å². The van der Waals surface area contributed by atoms with Crippen molar-refractivity contribution in [3.63, 3.8) is 0 Å². The number of likely N-dealkylation sites (tertiary alicyclic amines) is 1. The van der Waals surface area contributed by atoms with Gasteiger partial charge in [0.15, 0.2) is 0 Å². The molecule has 1 fully saturated rings. The van der Waals surface area contributed by atoms with Crippen LogP contribution in [-0.2, 0) is 4.74 Å². The smallest absolute Gasteiger partial charge is 0.410 e. The number of ether oxygens (including phenoxy) is 1. The molecule has 2 aliphatic rings. The predicted octanol–water partition coefficient (Wildman–Crippen LogP) is 2.42. The van der Waals surface area contributed by atoms with Crippen LogP contribution in [0.4, 0.5) is 10.6 Å². The number of piperidine rings is 1. The summed E-state index contributed by atoms with van der Waals surface area (Å²) in [5.74, 6) is -1.17. The third kappa shape index (κ3) is 3.98. The van der Waals surface area contributed by atoms with Crippen LogP contribution in [0.2, 0.25) is 0 Å². The summed E-state index contributed by atoms with van der Waals surface area (Å²) in [7, 11) is 0. The number of fused-ring (bicyclic) bond motifs is 1. The summed E-state index contributed by atoms with van der Waals surface area (Å²) < 4.78 is 6.71. The number of nitrogens with one attached hydrogen (secondary N) is 1. The number of carbonyl (C=O) groups is 3. The van der Waals surface area contributed by atoms with Crippen molar-refractivity contribution < 1.29 is 19.1 Å². The molecule has 3 N–H and O–H groups in total. The molecule has 0 bridgehead atoms. The van der Waals surface area contributed by atoms with Crippen LogP contribution in [0.5, 0.6) is 0 Å². The number of pyridine rings is 1. The molecule has 4 rings (SSSR count). The summed E-state index contributed by atoms with van der Waals surface area (Å²) in [4.78, 5) is 50.7. The number of aromatic nitrogens is 1. The van der Waals surface area contributed by atoms with E-state index in [0.29, 0.717) is 18.8 Å². The van der Waals surface area contributed by atoms with Gasteiger partial charge < -0.3 is 15.4 Å². The molecule has 3 amide bonds. The molecule has 1 aromatic carbocycles. The summed E-state index contributed by atoms with van der Waals surface area (Å²) in [6, 6.07) is 8.41. The summed E-state index contributed by atoms with van der Waals surface area (Å²) >= 11 is 0. The average molecular weight is 438 g/mol. The van der Waals surface area contributed by atoms with Crippen molar-refractivity contribution in [2.24, 2.45) is 0 Å². The first-order chi connectivity index (χ1) is 15.0. The van der Waals surface area contributed by atoms with Crippen LogP contribution in [-0.4, -0.2) is 46.1 Å². The number of anilines is 1. The highest BCUT2D eigenvalue weighted by molar-refractivity contribution is 6.23. The van der Waals surface area contributed by atoms with E-state index in [1.165, 1.54) is 4.57 Å². The third-order valence-electron chi connectivity index (χ3n) is 5.65. The minimum Gasteiger partial charge on any atom is -0.444 e. The van der Waals surface area contributed by atoms with Crippen molar-refractivity contribution >= 4 is 23.7 Å². The predicted molar refractivity (Wildman–Crippen MR) is 118 cm³/mol. The zero-order valence-electron chi connectivity index (χ0n) is 18.3. The molecule has 3 heterocycles. The Morgan fingerprint density at radius 1 is 1.12 bits per heavy atom. The molecule has 168 valence electrons. The van der Waals surface area contributed by atoms with Crippen LogP contribution in [0.1, 0.15) is 65.8 Å². The zero-order chi connectivity index (χ0) is 23.2. The number of nitrogens with zero attached hydrogens (tertiary/aromatic N) is 2. The van der Waals surface area contributed by atoms with E-state index < -0.39 is 23.0 Å². The number of carbonyl (C=O) groups excluding carboxylic acids is 3. The second kappa shape index (κ2) is 7.81. The molecule has 0 radical (unpaired) electrons. The lowest BCUT2D eigenvalue weighted by Crippen LogP contribution is -2.42. The molecule has 1 saturated heterocycles. The van der Waals surface area contributed by atoms with E-state index in [2.05, 4.69) is 5.32 Å². The van der Waals surface area contributed by atoms with Gasteiger partial charge in [-0.3, -0.25) is 24.3 Å². The molecule has 2 aromatic rings. The van der Waals surface area contributed by atoms with Crippen molar-refractivity contribution in [3.05, 3.63) is 57.4 Å². The number of rotatable bonds is 2. The molecule has 9 nitrogen and oxygen atoms in total. The van der Waals surface area contributed by atoms with Gasteiger partial charge in [0.2, 0.25) is 0 Å². The average Bonchev–Trinajstić information content (AvgIpc) is 3.00. The number of benzene rings is 1. The molecule has 1 unspecified atom stereocenters. The van der Waals surface area contributed by atoms with Crippen LogP contribution >= 0.6 is 0 Å². The van der Waals surface area contributed by atoms with Gasteiger partial charge in [-0.1, -0.05) is 12.1 Å². The maximum Gasteiger partial charge on any atom is 0.410 e. The number of hydrogen-bond acceptors (Lipinski definition) is 6. The number of nitrogen functional groups attached to an aromatic ring is 1. The standard InChI is InChI=1S/C23H26N4O5/c1-23(2,3)32-22(31)26-10-4-5-14(12-26)13-6-8-15(9-7-13)27-17(28)11-16-18(19(27)24)21(30)25-20(16)29/h6-9,11,14H,4-5,10,12,24H2,1-3H3,(H,25,29,30). The maximum atomic E-state index is 12.6. The Labute approximate surface area is 185 Å². The molecular weight excluding hydrogens is 412 g/mol. The normalized spacial score (nSPS) is 18.3. The lowest BCUT2D eigenvalue weighted by molar-refractivity contribution is 0.0198. The first-order valence-corrected chi connectivity index (χ1v) is 10.5. The van der Waals surface area contributed by atoms with Gasteiger partial charge in [-0.2, -0.15) is 0 Å². The number of hydrogen-bond donors (Lipinski definition) is 2. The number of amides is 3. The Kier molecular flexibility index (Phi) is 5.28. The first kappa shape index (κ1) is 21.6. The second-order valence-corrected chi connectivity index (χ2v) is 9.13. The van der Waals surface area contributed by atoms with E-state index in [0.717, 1.165) is 24.5 Å². The van der Waals surface area contributed by atoms with Gasteiger partial charge in [-0.15, -0.1) is 0 Å². The lowest BCUT2D eigenvalue weighted by atomic mass is 9.90. The molecule has 1 aromatic heterocycles. The van der Waals surface area contributed by atoms with Crippen molar-refractivity contribution in [1.82, 2.24) is 14.8 Å². The summed E-state index contributed by atoms with van der Waals surface area (Å²) in [5.41, 5.74) is 6.59. The quantitative estimate of drug-likeness (QED) is 0.694. The van der Waals surface area contributed by atoms with Crippen LogP contribution < -0.4 is 16.6 Å². The molecular formula is C23H26N4O5. The Balaban J connectivity index is 1.58. The number of imide groups is 1. The van der Waals surface area contributed by atoms with Crippen molar-refractivity contribution in [1.29, 1.82) is 0 Å². The van der Waals surface area contributed by atoms with Crippen LogP contribution in [0.25, 0.3) is 5.69 Å². The second-order valence-electron chi connectivity index (χ2n) is 9.13. The molecule has 0 spiro atoms. The highest BCUT2D eigenvalue weighted by Crippen LogP contribution is 2.29. The van der Waals surface area contributed by atoms with E-state index in [1.54, 1.807) is 17.0 Å².